The molecule has 0 saturated heterocycles. The molecule has 4 nitrogen and oxygen atoms in total. The highest BCUT2D eigenvalue weighted by Crippen LogP contribution is 2.34. The van der Waals surface area contributed by atoms with Crippen LogP contribution in [-0.4, -0.2) is 17.1 Å². The molecule has 1 N–H and O–H groups in total. The van der Waals surface area contributed by atoms with Gasteiger partial charge >= 0.3 is 0 Å². The minimum atomic E-state index is 0.504. The van der Waals surface area contributed by atoms with Crippen molar-refractivity contribution in [2.24, 2.45) is 0 Å². The van der Waals surface area contributed by atoms with Crippen molar-refractivity contribution in [3.05, 3.63) is 89.7 Å². The molecule has 26 heavy (non-hydrogen) atoms. The first kappa shape index (κ1) is 16.2. The van der Waals surface area contributed by atoms with Crippen LogP contribution >= 0.6 is 0 Å². The van der Waals surface area contributed by atoms with E-state index in [1.54, 1.807) is 13.3 Å². The zero-order valence-corrected chi connectivity index (χ0v) is 14.6. The molecule has 0 amide bonds. The zero-order valence-electron chi connectivity index (χ0n) is 14.6. The first-order valence-electron chi connectivity index (χ1n) is 8.59. The van der Waals surface area contributed by atoms with E-state index in [9.17, 15) is 0 Å². The summed E-state index contributed by atoms with van der Waals surface area (Å²) >= 11 is 0. The number of nitrogens with one attached hydrogen (secondary N) is 1. The lowest BCUT2D eigenvalue weighted by molar-refractivity contribution is 0.282. The van der Waals surface area contributed by atoms with Crippen LogP contribution in [0.15, 0.2) is 73.1 Å². The van der Waals surface area contributed by atoms with Gasteiger partial charge in [-0.05, 0) is 29.3 Å². The number of H-pyrrole nitrogens is 1. The molecule has 2 aromatic heterocycles. The molecule has 2 heterocycles. The summed E-state index contributed by atoms with van der Waals surface area (Å²) in [6.45, 7) is 0.504. The normalized spacial score (nSPS) is 10.8. The fourth-order valence-corrected chi connectivity index (χ4v) is 3.12. The van der Waals surface area contributed by atoms with Crippen molar-refractivity contribution in [1.29, 1.82) is 0 Å². The molecule has 0 atom stereocenters. The number of aromatic amines is 1. The van der Waals surface area contributed by atoms with E-state index in [2.05, 4.69) is 34.2 Å². The van der Waals surface area contributed by atoms with E-state index in [4.69, 9.17) is 9.47 Å². The monoisotopic (exact) mass is 344 g/mol. The van der Waals surface area contributed by atoms with Gasteiger partial charge in [0.1, 0.15) is 12.3 Å². The van der Waals surface area contributed by atoms with Gasteiger partial charge in [0.05, 0.1) is 7.11 Å². The molecule has 0 spiro atoms. The predicted molar refractivity (Wildman–Crippen MR) is 103 cm³/mol. The van der Waals surface area contributed by atoms with Crippen LogP contribution in [0.1, 0.15) is 16.7 Å². The summed E-state index contributed by atoms with van der Waals surface area (Å²) in [7, 11) is 1.67. The number of pyridine rings is 1. The first-order valence-corrected chi connectivity index (χ1v) is 8.59. The number of fused-ring (bicyclic) bond motifs is 1. The van der Waals surface area contributed by atoms with Crippen LogP contribution in [0.2, 0.25) is 0 Å². The van der Waals surface area contributed by atoms with E-state index in [1.807, 2.05) is 42.6 Å². The van der Waals surface area contributed by atoms with Crippen molar-refractivity contribution >= 4 is 11.0 Å². The average Bonchev–Trinajstić information content (AvgIpc) is 3.10. The number of aromatic nitrogens is 2. The molecule has 0 saturated carbocycles. The summed E-state index contributed by atoms with van der Waals surface area (Å²) < 4.78 is 11.7. The Hall–Kier alpha value is -3.27. The van der Waals surface area contributed by atoms with E-state index in [0.717, 1.165) is 40.1 Å². The van der Waals surface area contributed by atoms with Gasteiger partial charge in [-0.2, -0.15) is 0 Å². The largest absolute Gasteiger partial charge is 0.493 e. The number of rotatable bonds is 6. The van der Waals surface area contributed by atoms with Gasteiger partial charge in [0.2, 0.25) is 0 Å². The highest BCUT2D eigenvalue weighted by molar-refractivity contribution is 5.80. The molecule has 4 aromatic rings. The molecule has 0 aliphatic carbocycles. The Morgan fingerprint density at radius 2 is 1.81 bits per heavy atom. The third-order valence-corrected chi connectivity index (χ3v) is 4.42. The molecule has 0 unspecified atom stereocenters. The number of methoxy groups -OCH3 is 1. The van der Waals surface area contributed by atoms with E-state index in [1.165, 1.54) is 5.56 Å². The lowest BCUT2D eigenvalue weighted by atomic mass is 10.0. The SMILES string of the molecule is COc1cccc(Cc2c[nH]c3ncccc23)c1OCc1ccccc1. The Kier molecular flexibility index (Phi) is 4.56. The van der Waals surface area contributed by atoms with E-state index in [0.29, 0.717) is 6.61 Å². The summed E-state index contributed by atoms with van der Waals surface area (Å²) in [5, 5.41) is 1.13. The Bertz CT molecular complexity index is 1010. The highest BCUT2D eigenvalue weighted by atomic mass is 16.5. The van der Waals surface area contributed by atoms with Crippen LogP contribution in [-0.2, 0) is 13.0 Å². The van der Waals surface area contributed by atoms with Crippen LogP contribution in [0.25, 0.3) is 11.0 Å². The van der Waals surface area contributed by atoms with Crippen LogP contribution in [0.4, 0.5) is 0 Å². The fourth-order valence-electron chi connectivity index (χ4n) is 3.12. The maximum Gasteiger partial charge on any atom is 0.165 e. The standard InChI is InChI=1S/C22H20N2O2/c1-25-20-11-5-9-17(21(20)26-15-16-7-3-2-4-8-16)13-18-14-24-22-19(18)10-6-12-23-22/h2-12,14H,13,15H2,1H3,(H,23,24). The second-order valence-electron chi connectivity index (χ2n) is 6.11. The van der Waals surface area contributed by atoms with E-state index >= 15 is 0 Å². The van der Waals surface area contributed by atoms with Gasteiger partial charge in [0.25, 0.3) is 0 Å². The second kappa shape index (κ2) is 7.31. The second-order valence-corrected chi connectivity index (χ2v) is 6.11. The van der Waals surface area contributed by atoms with Crippen LogP contribution in [0.5, 0.6) is 11.5 Å². The lowest BCUT2D eigenvalue weighted by Gasteiger charge is -2.15. The summed E-state index contributed by atoms with van der Waals surface area (Å²) in [6.07, 6.45) is 4.55. The van der Waals surface area contributed by atoms with Crippen LogP contribution in [0.3, 0.4) is 0 Å². The van der Waals surface area contributed by atoms with Gasteiger partial charge in [0, 0.05) is 29.8 Å². The third-order valence-electron chi connectivity index (χ3n) is 4.42. The lowest BCUT2D eigenvalue weighted by Crippen LogP contribution is -2.01. The Morgan fingerprint density at radius 1 is 0.923 bits per heavy atom. The molecule has 0 radical (unpaired) electrons. The first-order chi connectivity index (χ1) is 12.8. The number of hydrogen-bond donors (Lipinski definition) is 1. The smallest absolute Gasteiger partial charge is 0.165 e. The van der Waals surface area contributed by atoms with E-state index < -0.39 is 0 Å². The number of benzene rings is 2. The van der Waals surface area contributed by atoms with Gasteiger partial charge in [0.15, 0.2) is 11.5 Å². The van der Waals surface area contributed by atoms with Crippen molar-refractivity contribution in [3.8, 4) is 11.5 Å². The predicted octanol–water partition coefficient (Wildman–Crippen LogP) is 4.74. The van der Waals surface area contributed by atoms with Gasteiger partial charge in [-0.25, -0.2) is 4.98 Å². The summed E-state index contributed by atoms with van der Waals surface area (Å²) in [5.41, 5.74) is 4.30. The molecule has 0 bridgehead atoms. The fraction of sp³-hybridized carbons (Fsp3) is 0.136. The van der Waals surface area contributed by atoms with Crippen molar-refractivity contribution < 1.29 is 9.47 Å². The van der Waals surface area contributed by atoms with Gasteiger partial charge in [-0.3, -0.25) is 0 Å². The third kappa shape index (κ3) is 3.26. The molecular weight excluding hydrogens is 324 g/mol. The maximum atomic E-state index is 6.16. The van der Waals surface area contributed by atoms with Gasteiger partial charge in [-0.1, -0.05) is 42.5 Å². The van der Waals surface area contributed by atoms with Crippen molar-refractivity contribution in [1.82, 2.24) is 9.97 Å². The van der Waals surface area contributed by atoms with Gasteiger partial charge in [-0.15, -0.1) is 0 Å². The Balaban J connectivity index is 1.65. The molecule has 130 valence electrons. The zero-order chi connectivity index (χ0) is 17.8. The molecule has 4 rings (SSSR count). The molecular formula is C22H20N2O2. The Labute approximate surface area is 152 Å². The van der Waals surface area contributed by atoms with Crippen molar-refractivity contribution in [2.45, 2.75) is 13.0 Å². The van der Waals surface area contributed by atoms with Crippen LogP contribution in [0, 0.1) is 0 Å². The molecule has 4 heteroatoms. The van der Waals surface area contributed by atoms with E-state index in [-0.39, 0.29) is 0 Å². The summed E-state index contributed by atoms with van der Waals surface area (Å²) in [6, 6.07) is 20.2. The number of hydrogen-bond acceptors (Lipinski definition) is 3. The number of nitrogens with zero attached hydrogens (tertiary/aromatic N) is 1. The van der Waals surface area contributed by atoms with Crippen molar-refractivity contribution in [2.75, 3.05) is 7.11 Å². The minimum Gasteiger partial charge on any atom is -0.493 e. The quantitative estimate of drug-likeness (QED) is 0.549. The van der Waals surface area contributed by atoms with Crippen LogP contribution < -0.4 is 9.47 Å². The molecule has 0 aliphatic rings. The summed E-state index contributed by atoms with van der Waals surface area (Å²) in [4.78, 5) is 7.60. The summed E-state index contributed by atoms with van der Waals surface area (Å²) in [5.74, 6) is 1.54. The molecule has 0 aliphatic heterocycles. The molecule has 2 aromatic carbocycles. The molecule has 0 fully saturated rings. The highest BCUT2D eigenvalue weighted by Gasteiger charge is 2.13. The average molecular weight is 344 g/mol. The topological polar surface area (TPSA) is 47.1 Å². The van der Waals surface area contributed by atoms with Crippen molar-refractivity contribution in [3.63, 3.8) is 0 Å². The Morgan fingerprint density at radius 3 is 2.65 bits per heavy atom. The minimum absolute atomic E-state index is 0.504. The number of para-hydroxylation sites is 1. The maximum absolute atomic E-state index is 6.16. The number of ether oxygens (including phenoxy) is 2. The van der Waals surface area contributed by atoms with Gasteiger partial charge < -0.3 is 14.5 Å².